The van der Waals surface area contributed by atoms with Crippen LogP contribution in [0.1, 0.15) is 33.1 Å². The number of hydrogen-bond donors (Lipinski definition) is 2. The van der Waals surface area contributed by atoms with Crippen LogP contribution in [0, 0.1) is 5.92 Å². The number of nitrogens with zero attached hydrogens (tertiary/aromatic N) is 2. The zero-order valence-corrected chi connectivity index (χ0v) is 18.9. The molecule has 0 spiro atoms. The highest BCUT2D eigenvalue weighted by Crippen LogP contribution is 2.29. The maximum Gasteiger partial charge on any atom is 0.322 e. The summed E-state index contributed by atoms with van der Waals surface area (Å²) in [5, 5.41) is 6.35. The lowest BCUT2D eigenvalue weighted by atomic mass is 10.1. The topological polar surface area (TPSA) is 81.8 Å². The summed E-state index contributed by atoms with van der Waals surface area (Å²) in [4.78, 5) is 41.3. The van der Waals surface area contributed by atoms with Gasteiger partial charge in [-0.25, -0.2) is 4.79 Å². The Morgan fingerprint density at radius 2 is 1.59 bits per heavy atom. The van der Waals surface area contributed by atoms with Gasteiger partial charge in [0, 0.05) is 41.1 Å². The molecule has 2 aromatic carbocycles. The largest absolute Gasteiger partial charge is 0.324 e. The van der Waals surface area contributed by atoms with Gasteiger partial charge in [-0.2, -0.15) is 0 Å². The van der Waals surface area contributed by atoms with Crippen molar-refractivity contribution in [2.24, 2.45) is 5.92 Å². The van der Waals surface area contributed by atoms with Gasteiger partial charge in [0.05, 0.1) is 0 Å². The Morgan fingerprint density at radius 3 is 2.22 bits per heavy atom. The van der Waals surface area contributed by atoms with Gasteiger partial charge < -0.3 is 20.4 Å². The molecule has 2 aliphatic rings. The Labute approximate surface area is 192 Å². The molecule has 0 bridgehead atoms. The summed E-state index contributed by atoms with van der Waals surface area (Å²) in [6, 6.07) is 13.4. The van der Waals surface area contributed by atoms with Crippen LogP contribution in [-0.4, -0.2) is 41.4 Å². The number of nitrogens with one attached hydrogen (secondary N) is 2. The van der Waals surface area contributed by atoms with Crippen LogP contribution in [0.25, 0.3) is 0 Å². The SMILES string of the molecule is CC1CC(C(=O)Nc2ccc(N3C(=O)CCC3C)cc2)N(C(=O)Nc2ccc(Cl)cc2)C1. The van der Waals surface area contributed by atoms with E-state index in [1.807, 2.05) is 26.0 Å². The third-order valence-corrected chi connectivity index (χ3v) is 6.32. The zero-order valence-electron chi connectivity index (χ0n) is 18.2. The molecule has 2 aliphatic heterocycles. The minimum atomic E-state index is -0.558. The first-order chi connectivity index (χ1) is 15.3. The zero-order chi connectivity index (χ0) is 22.8. The van der Waals surface area contributed by atoms with Gasteiger partial charge in [-0.3, -0.25) is 9.59 Å². The van der Waals surface area contributed by atoms with Crippen molar-refractivity contribution in [1.82, 2.24) is 4.90 Å². The number of amides is 4. The average molecular weight is 455 g/mol. The Balaban J connectivity index is 1.41. The van der Waals surface area contributed by atoms with Crippen molar-refractivity contribution in [2.45, 2.75) is 45.2 Å². The van der Waals surface area contributed by atoms with Crippen LogP contribution in [0.3, 0.4) is 0 Å². The Morgan fingerprint density at radius 1 is 0.969 bits per heavy atom. The van der Waals surface area contributed by atoms with E-state index in [0.717, 1.165) is 12.1 Å². The molecule has 4 rings (SSSR count). The number of benzene rings is 2. The molecule has 0 aliphatic carbocycles. The van der Waals surface area contributed by atoms with Crippen molar-refractivity contribution in [2.75, 3.05) is 22.1 Å². The maximum atomic E-state index is 13.0. The van der Waals surface area contributed by atoms with Crippen molar-refractivity contribution < 1.29 is 14.4 Å². The van der Waals surface area contributed by atoms with E-state index in [9.17, 15) is 14.4 Å². The number of likely N-dealkylation sites (tertiary alicyclic amines) is 1. The molecule has 3 atom stereocenters. The summed E-state index contributed by atoms with van der Waals surface area (Å²) in [6.45, 7) is 4.57. The van der Waals surface area contributed by atoms with Crippen molar-refractivity contribution in [3.63, 3.8) is 0 Å². The van der Waals surface area contributed by atoms with E-state index >= 15 is 0 Å². The van der Waals surface area contributed by atoms with Crippen molar-refractivity contribution in [3.8, 4) is 0 Å². The highest BCUT2D eigenvalue weighted by molar-refractivity contribution is 6.30. The van der Waals surface area contributed by atoms with Gasteiger partial charge >= 0.3 is 6.03 Å². The van der Waals surface area contributed by atoms with Crippen molar-refractivity contribution in [3.05, 3.63) is 53.6 Å². The van der Waals surface area contributed by atoms with E-state index in [4.69, 9.17) is 11.6 Å². The molecule has 32 heavy (non-hydrogen) atoms. The number of halogens is 1. The minimum absolute atomic E-state index is 0.122. The molecule has 0 saturated carbocycles. The molecule has 4 amide bonds. The summed E-state index contributed by atoms with van der Waals surface area (Å²) in [5.74, 6) is 0.113. The first-order valence-electron chi connectivity index (χ1n) is 10.9. The Hall–Kier alpha value is -3.06. The van der Waals surface area contributed by atoms with Crippen LogP contribution in [0.5, 0.6) is 0 Å². The van der Waals surface area contributed by atoms with E-state index in [-0.39, 0.29) is 29.8 Å². The molecule has 0 aromatic heterocycles. The van der Waals surface area contributed by atoms with Crippen LogP contribution in [0.15, 0.2) is 48.5 Å². The lowest BCUT2D eigenvalue weighted by Crippen LogP contribution is -2.45. The molecule has 2 fully saturated rings. The molecule has 2 heterocycles. The molecular formula is C24H27ClN4O3. The lowest BCUT2D eigenvalue weighted by molar-refractivity contribution is -0.119. The van der Waals surface area contributed by atoms with E-state index in [2.05, 4.69) is 10.6 Å². The van der Waals surface area contributed by atoms with Gasteiger partial charge in [0.15, 0.2) is 0 Å². The van der Waals surface area contributed by atoms with Gasteiger partial charge in [-0.05, 0) is 74.2 Å². The summed E-state index contributed by atoms with van der Waals surface area (Å²) in [5.41, 5.74) is 2.09. The highest BCUT2D eigenvalue weighted by Gasteiger charge is 2.38. The van der Waals surface area contributed by atoms with Gasteiger partial charge in [0.25, 0.3) is 0 Å². The Kier molecular flexibility index (Phi) is 6.37. The van der Waals surface area contributed by atoms with Crippen LogP contribution >= 0.6 is 11.6 Å². The number of hydrogen-bond acceptors (Lipinski definition) is 3. The lowest BCUT2D eigenvalue weighted by Gasteiger charge is -2.25. The minimum Gasteiger partial charge on any atom is -0.324 e. The fourth-order valence-corrected chi connectivity index (χ4v) is 4.53. The third-order valence-electron chi connectivity index (χ3n) is 6.07. The second-order valence-electron chi connectivity index (χ2n) is 8.63. The third kappa shape index (κ3) is 4.72. The second kappa shape index (κ2) is 9.20. The molecule has 168 valence electrons. The van der Waals surface area contributed by atoms with Crippen molar-refractivity contribution in [1.29, 1.82) is 0 Å². The molecule has 3 unspecified atom stereocenters. The molecule has 8 heteroatoms. The summed E-state index contributed by atoms with van der Waals surface area (Å²) in [6.07, 6.45) is 2.01. The van der Waals surface area contributed by atoms with Crippen LogP contribution < -0.4 is 15.5 Å². The van der Waals surface area contributed by atoms with E-state index in [1.54, 1.807) is 46.2 Å². The van der Waals surface area contributed by atoms with Crippen LogP contribution in [0.4, 0.5) is 21.9 Å². The molecule has 2 aromatic rings. The predicted molar refractivity (Wildman–Crippen MR) is 126 cm³/mol. The van der Waals surface area contributed by atoms with Gasteiger partial charge in [-0.1, -0.05) is 18.5 Å². The smallest absolute Gasteiger partial charge is 0.322 e. The van der Waals surface area contributed by atoms with Crippen molar-refractivity contribution >= 4 is 46.5 Å². The van der Waals surface area contributed by atoms with Crippen LogP contribution in [-0.2, 0) is 9.59 Å². The number of anilines is 3. The number of carbonyl (C=O) groups excluding carboxylic acids is 3. The quantitative estimate of drug-likeness (QED) is 0.700. The standard InChI is InChI=1S/C24H27ClN4O3/c1-15-13-21(28(14-15)24(32)27-19-6-4-17(25)5-7-19)23(31)26-18-8-10-20(11-9-18)29-16(2)3-12-22(29)30/h4-11,15-16,21H,3,12-14H2,1-2H3,(H,26,31)(H,27,32). The maximum absolute atomic E-state index is 13.0. The Bertz CT molecular complexity index is 1010. The molecule has 2 N–H and O–H groups in total. The van der Waals surface area contributed by atoms with Gasteiger partial charge in [0.1, 0.15) is 6.04 Å². The van der Waals surface area contributed by atoms with E-state index < -0.39 is 6.04 Å². The normalized spacial score (nSPS) is 22.8. The highest BCUT2D eigenvalue weighted by atomic mass is 35.5. The molecular weight excluding hydrogens is 428 g/mol. The first-order valence-corrected chi connectivity index (χ1v) is 11.3. The average Bonchev–Trinajstić information content (AvgIpc) is 3.32. The predicted octanol–water partition coefficient (Wildman–Crippen LogP) is 4.74. The number of urea groups is 1. The summed E-state index contributed by atoms with van der Waals surface area (Å²) in [7, 11) is 0. The molecule has 2 saturated heterocycles. The summed E-state index contributed by atoms with van der Waals surface area (Å²) < 4.78 is 0. The monoisotopic (exact) mass is 454 g/mol. The van der Waals surface area contributed by atoms with Crippen LogP contribution in [0.2, 0.25) is 5.02 Å². The first kappa shape index (κ1) is 22.1. The molecule has 0 radical (unpaired) electrons. The fourth-order valence-electron chi connectivity index (χ4n) is 4.40. The summed E-state index contributed by atoms with van der Waals surface area (Å²) >= 11 is 5.90. The number of carbonyl (C=O) groups is 3. The number of rotatable bonds is 4. The van der Waals surface area contributed by atoms with Gasteiger partial charge in [0.2, 0.25) is 11.8 Å². The van der Waals surface area contributed by atoms with Gasteiger partial charge in [-0.15, -0.1) is 0 Å². The molecule has 7 nitrogen and oxygen atoms in total. The van der Waals surface area contributed by atoms with E-state index in [0.29, 0.717) is 35.8 Å². The fraction of sp³-hybridized carbons (Fsp3) is 0.375. The second-order valence-corrected chi connectivity index (χ2v) is 9.07. The van der Waals surface area contributed by atoms with E-state index in [1.165, 1.54) is 0 Å².